The zero-order chi connectivity index (χ0) is 18.6. The van der Waals surface area contributed by atoms with Crippen LogP contribution in [0.5, 0.6) is 5.75 Å². The summed E-state index contributed by atoms with van der Waals surface area (Å²) in [6.45, 7) is 2.17. The van der Waals surface area contributed by atoms with Crippen LogP contribution < -0.4 is 0 Å². The number of pyridine rings is 1. The van der Waals surface area contributed by atoms with Crippen molar-refractivity contribution in [3.63, 3.8) is 0 Å². The maximum atomic E-state index is 10.1. The van der Waals surface area contributed by atoms with E-state index in [-0.39, 0.29) is 5.41 Å². The Balaban J connectivity index is 1.68. The number of hydrogen-bond donors (Lipinski definition) is 1. The largest absolute Gasteiger partial charge is 0.508 e. The van der Waals surface area contributed by atoms with Crippen LogP contribution in [0.3, 0.4) is 0 Å². The van der Waals surface area contributed by atoms with Crippen molar-refractivity contribution < 1.29 is 5.11 Å². The molecule has 0 unspecified atom stereocenters. The van der Waals surface area contributed by atoms with Gasteiger partial charge in [0.2, 0.25) is 0 Å². The molecule has 2 aliphatic rings. The summed E-state index contributed by atoms with van der Waals surface area (Å²) in [5.74, 6) is 0.900. The van der Waals surface area contributed by atoms with Crippen LogP contribution in [0, 0.1) is 5.92 Å². The standard InChI is InChI=1S/C23H23BrN2O/c1-26-9-8-23(17-5-3-6-19(27)12-17)13-21-16(11-18(23)14-26)10-15-4-2-7-20(24)22(15)25-21/h2-7,10,12,18,27H,8-9,11,13-14H2,1H3/t18-,23-/m0/s1. The molecule has 0 spiro atoms. The average molecular weight is 423 g/mol. The number of halogens is 1. The molecule has 1 aliphatic heterocycles. The molecule has 3 aromatic rings. The van der Waals surface area contributed by atoms with Crippen molar-refractivity contribution >= 4 is 26.8 Å². The van der Waals surface area contributed by atoms with Crippen molar-refractivity contribution in [2.24, 2.45) is 5.92 Å². The highest BCUT2D eigenvalue weighted by Crippen LogP contribution is 2.48. The van der Waals surface area contributed by atoms with E-state index in [1.807, 2.05) is 12.1 Å². The fraction of sp³-hybridized carbons (Fsp3) is 0.348. The van der Waals surface area contributed by atoms with E-state index in [4.69, 9.17) is 4.98 Å². The molecule has 27 heavy (non-hydrogen) atoms. The molecule has 0 amide bonds. The number of likely N-dealkylation sites (tertiary alicyclic amines) is 1. The van der Waals surface area contributed by atoms with Gasteiger partial charge in [0, 0.05) is 33.9 Å². The molecular weight excluding hydrogens is 400 g/mol. The second-order valence-corrected chi connectivity index (χ2v) is 9.06. The highest BCUT2D eigenvalue weighted by atomic mass is 79.9. The third kappa shape index (κ3) is 2.77. The molecule has 0 saturated carbocycles. The molecule has 0 radical (unpaired) electrons. The first kappa shape index (κ1) is 17.2. The fourth-order valence-corrected chi connectivity index (χ4v) is 5.64. The van der Waals surface area contributed by atoms with Gasteiger partial charge in [-0.25, -0.2) is 0 Å². The van der Waals surface area contributed by atoms with Crippen LogP contribution in [0.25, 0.3) is 10.9 Å². The summed E-state index contributed by atoms with van der Waals surface area (Å²) in [6, 6.07) is 16.5. The quantitative estimate of drug-likeness (QED) is 0.617. The molecule has 1 aromatic heterocycles. The van der Waals surface area contributed by atoms with Gasteiger partial charge in [0.1, 0.15) is 5.75 Å². The normalized spacial score (nSPS) is 25.2. The molecule has 5 rings (SSSR count). The molecule has 2 heterocycles. The molecule has 1 fully saturated rings. The second-order valence-electron chi connectivity index (χ2n) is 8.20. The van der Waals surface area contributed by atoms with E-state index >= 15 is 0 Å². The van der Waals surface area contributed by atoms with Crippen molar-refractivity contribution in [3.8, 4) is 5.75 Å². The molecule has 2 aromatic carbocycles. The van der Waals surface area contributed by atoms with Crippen molar-refractivity contribution in [1.82, 2.24) is 9.88 Å². The minimum absolute atomic E-state index is 0.0557. The van der Waals surface area contributed by atoms with Crippen LogP contribution in [0.4, 0.5) is 0 Å². The van der Waals surface area contributed by atoms with Crippen molar-refractivity contribution in [2.45, 2.75) is 24.7 Å². The van der Waals surface area contributed by atoms with E-state index in [0.717, 1.165) is 42.3 Å². The van der Waals surface area contributed by atoms with Gasteiger partial charge >= 0.3 is 0 Å². The smallest absolute Gasteiger partial charge is 0.115 e. The zero-order valence-electron chi connectivity index (χ0n) is 15.5. The Bertz CT molecular complexity index is 1030. The Labute approximate surface area is 168 Å². The molecule has 4 heteroatoms. The lowest BCUT2D eigenvalue weighted by atomic mass is 9.58. The van der Waals surface area contributed by atoms with Gasteiger partial charge in [-0.15, -0.1) is 0 Å². The van der Waals surface area contributed by atoms with Crippen LogP contribution in [-0.4, -0.2) is 35.1 Å². The number of fused-ring (bicyclic) bond motifs is 3. The highest BCUT2D eigenvalue weighted by Gasteiger charge is 2.47. The molecule has 3 nitrogen and oxygen atoms in total. The van der Waals surface area contributed by atoms with Crippen LogP contribution in [0.2, 0.25) is 0 Å². The van der Waals surface area contributed by atoms with Gasteiger partial charge in [-0.2, -0.15) is 0 Å². The second kappa shape index (κ2) is 6.32. The summed E-state index contributed by atoms with van der Waals surface area (Å²) in [7, 11) is 2.22. The number of phenolic OH excluding ortho intramolecular Hbond substituents is 1. The lowest BCUT2D eigenvalue weighted by Gasteiger charge is -2.50. The summed E-state index contributed by atoms with van der Waals surface area (Å²) in [5.41, 5.74) is 4.98. The number of piperidine rings is 1. The number of para-hydroxylation sites is 1. The summed E-state index contributed by atoms with van der Waals surface area (Å²) in [4.78, 5) is 7.54. The van der Waals surface area contributed by atoms with Crippen LogP contribution in [0.1, 0.15) is 23.2 Å². The summed E-state index contributed by atoms with van der Waals surface area (Å²) < 4.78 is 1.06. The van der Waals surface area contributed by atoms with Crippen molar-refractivity contribution in [3.05, 3.63) is 69.8 Å². The van der Waals surface area contributed by atoms with Gasteiger partial charge in [-0.3, -0.25) is 4.98 Å². The van der Waals surface area contributed by atoms with E-state index in [2.05, 4.69) is 58.2 Å². The lowest BCUT2D eigenvalue weighted by molar-refractivity contribution is 0.0987. The van der Waals surface area contributed by atoms with E-state index in [0.29, 0.717) is 11.7 Å². The van der Waals surface area contributed by atoms with E-state index in [1.165, 1.54) is 22.2 Å². The van der Waals surface area contributed by atoms with E-state index < -0.39 is 0 Å². The van der Waals surface area contributed by atoms with Crippen LogP contribution >= 0.6 is 15.9 Å². The number of nitrogens with zero attached hydrogens (tertiary/aromatic N) is 2. The number of aromatic hydroxyl groups is 1. The van der Waals surface area contributed by atoms with Gasteiger partial charge in [0.25, 0.3) is 0 Å². The number of hydrogen-bond acceptors (Lipinski definition) is 3. The van der Waals surface area contributed by atoms with Crippen molar-refractivity contribution in [1.29, 1.82) is 0 Å². The van der Waals surface area contributed by atoms with Gasteiger partial charge in [-0.05, 0) is 83.7 Å². The minimum atomic E-state index is 0.0557. The number of benzene rings is 2. The van der Waals surface area contributed by atoms with E-state index in [1.54, 1.807) is 6.07 Å². The van der Waals surface area contributed by atoms with Gasteiger partial charge in [-0.1, -0.05) is 24.3 Å². The van der Waals surface area contributed by atoms with Gasteiger partial charge in [0.05, 0.1) is 5.52 Å². The predicted octanol–water partition coefficient (Wildman–Crippen LogP) is 4.69. The summed E-state index contributed by atoms with van der Waals surface area (Å²) in [5, 5.41) is 11.3. The molecule has 1 saturated heterocycles. The fourth-order valence-electron chi connectivity index (χ4n) is 5.17. The molecular formula is C23H23BrN2O. The van der Waals surface area contributed by atoms with Crippen LogP contribution in [-0.2, 0) is 18.3 Å². The molecule has 138 valence electrons. The topological polar surface area (TPSA) is 36.4 Å². The Hall–Kier alpha value is -1.91. The SMILES string of the molecule is CN1CC[C@@]2(c3cccc(O)c3)Cc3nc4c(Br)cccc4cc3C[C@H]2C1. The average Bonchev–Trinajstić information content (AvgIpc) is 2.65. The Morgan fingerprint density at radius 1 is 1.19 bits per heavy atom. The van der Waals surface area contributed by atoms with Gasteiger partial charge < -0.3 is 10.0 Å². The zero-order valence-corrected chi connectivity index (χ0v) is 17.0. The first-order valence-electron chi connectivity index (χ1n) is 9.60. The minimum Gasteiger partial charge on any atom is -0.508 e. The summed E-state index contributed by atoms with van der Waals surface area (Å²) in [6.07, 6.45) is 3.10. The Morgan fingerprint density at radius 3 is 2.89 bits per heavy atom. The summed E-state index contributed by atoms with van der Waals surface area (Å²) >= 11 is 3.67. The molecule has 1 N–H and O–H groups in total. The third-order valence-electron chi connectivity index (χ3n) is 6.59. The molecule has 0 bridgehead atoms. The van der Waals surface area contributed by atoms with Gasteiger partial charge in [0.15, 0.2) is 0 Å². The molecule has 2 atom stereocenters. The Kier molecular flexibility index (Phi) is 4.03. The maximum Gasteiger partial charge on any atom is 0.115 e. The molecule has 1 aliphatic carbocycles. The first-order valence-corrected chi connectivity index (χ1v) is 10.4. The monoisotopic (exact) mass is 422 g/mol. The third-order valence-corrected chi connectivity index (χ3v) is 7.23. The Morgan fingerprint density at radius 2 is 2.04 bits per heavy atom. The predicted molar refractivity (Wildman–Crippen MR) is 112 cm³/mol. The van der Waals surface area contributed by atoms with Crippen LogP contribution in [0.15, 0.2) is 53.0 Å². The lowest BCUT2D eigenvalue weighted by Crippen LogP contribution is -2.53. The van der Waals surface area contributed by atoms with Crippen molar-refractivity contribution in [2.75, 3.05) is 20.1 Å². The number of rotatable bonds is 1. The maximum absolute atomic E-state index is 10.1. The number of aromatic nitrogens is 1. The number of phenols is 1. The highest BCUT2D eigenvalue weighted by molar-refractivity contribution is 9.10. The first-order chi connectivity index (χ1) is 13.0. The van der Waals surface area contributed by atoms with E-state index in [9.17, 15) is 5.11 Å².